The summed E-state index contributed by atoms with van der Waals surface area (Å²) in [5, 5.41) is 2.50. The van der Waals surface area contributed by atoms with Gasteiger partial charge in [-0.25, -0.2) is 8.42 Å². The third-order valence-electron chi connectivity index (χ3n) is 5.43. The van der Waals surface area contributed by atoms with E-state index >= 15 is 0 Å². The van der Waals surface area contributed by atoms with E-state index < -0.39 is 26.0 Å². The van der Waals surface area contributed by atoms with E-state index in [-0.39, 0.29) is 33.0 Å². The van der Waals surface area contributed by atoms with Gasteiger partial charge in [0, 0.05) is 24.2 Å². The number of amidine groups is 1. The van der Waals surface area contributed by atoms with Crippen molar-refractivity contribution in [3.8, 4) is 0 Å². The molecule has 164 valence electrons. The van der Waals surface area contributed by atoms with E-state index in [0.717, 1.165) is 6.42 Å². The van der Waals surface area contributed by atoms with Crippen LogP contribution >= 0.6 is 0 Å². The Kier molecular flexibility index (Phi) is 5.48. The van der Waals surface area contributed by atoms with Gasteiger partial charge in [0.2, 0.25) is 10.0 Å². The van der Waals surface area contributed by atoms with Crippen molar-refractivity contribution in [1.29, 1.82) is 0 Å². The van der Waals surface area contributed by atoms with Crippen LogP contribution < -0.4 is 5.32 Å². The quantitative estimate of drug-likeness (QED) is 0.753. The summed E-state index contributed by atoms with van der Waals surface area (Å²) in [6.07, 6.45) is 0.973. The molecule has 4 rings (SSSR count). The Morgan fingerprint density at radius 1 is 1.06 bits per heavy atom. The minimum Gasteiger partial charge on any atom is -0.305 e. The lowest BCUT2D eigenvalue weighted by atomic mass is 9.94. The number of amides is 1. The summed E-state index contributed by atoms with van der Waals surface area (Å²) in [4.78, 5) is 12.8. The Morgan fingerprint density at radius 3 is 2.45 bits per heavy atom. The largest absolute Gasteiger partial charge is 0.305 e. The van der Waals surface area contributed by atoms with Crippen molar-refractivity contribution < 1.29 is 21.6 Å². The maximum absolute atomic E-state index is 13.1. The molecular formula is C21H23N3O5S2. The number of hydrogen-bond donors (Lipinski definition) is 1. The molecule has 0 saturated carbocycles. The Balaban J connectivity index is 1.60. The lowest BCUT2D eigenvalue weighted by molar-refractivity contribution is 0.0977. The molecular weight excluding hydrogens is 438 g/mol. The first kappa shape index (κ1) is 21.7. The summed E-state index contributed by atoms with van der Waals surface area (Å²) < 4.78 is 55.7. The van der Waals surface area contributed by atoms with Gasteiger partial charge in [-0.2, -0.15) is 12.7 Å². The van der Waals surface area contributed by atoms with E-state index in [0.29, 0.717) is 18.7 Å². The molecule has 2 aromatic rings. The highest BCUT2D eigenvalue weighted by atomic mass is 32.2. The molecule has 2 atom stereocenters. The first-order valence-electron chi connectivity index (χ1n) is 9.94. The van der Waals surface area contributed by atoms with Gasteiger partial charge in [-0.15, -0.1) is 4.40 Å². The number of carbonyl (C=O) groups is 1. The van der Waals surface area contributed by atoms with Crippen molar-refractivity contribution in [2.24, 2.45) is 16.2 Å². The zero-order valence-electron chi connectivity index (χ0n) is 17.1. The fourth-order valence-electron chi connectivity index (χ4n) is 4.12. The molecule has 0 bridgehead atoms. The van der Waals surface area contributed by atoms with Crippen LogP contribution in [0, 0.1) is 11.8 Å². The Morgan fingerprint density at radius 2 is 1.74 bits per heavy atom. The predicted molar refractivity (Wildman–Crippen MR) is 116 cm³/mol. The molecule has 8 nitrogen and oxygen atoms in total. The summed E-state index contributed by atoms with van der Waals surface area (Å²) in [7, 11) is -7.62. The molecule has 31 heavy (non-hydrogen) atoms. The number of sulfonamides is 2. The van der Waals surface area contributed by atoms with Gasteiger partial charge in [0.05, 0.1) is 4.90 Å². The SMILES string of the molecule is C[C@@H]1C[C@H](C)CN(S(=O)(=O)c2cccc(C(=O)NC3=NS(=O)(=O)c4ccccc43)c2)C1. The second-order valence-electron chi connectivity index (χ2n) is 8.16. The van der Waals surface area contributed by atoms with Crippen LogP contribution in [0.3, 0.4) is 0 Å². The minimum absolute atomic E-state index is 0.0231. The third-order valence-corrected chi connectivity index (χ3v) is 8.60. The molecule has 1 saturated heterocycles. The van der Waals surface area contributed by atoms with Gasteiger partial charge >= 0.3 is 0 Å². The van der Waals surface area contributed by atoms with Crippen molar-refractivity contribution in [3.05, 3.63) is 59.7 Å². The van der Waals surface area contributed by atoms with E-state index in [9.17, 15) is 21.6 Å². The Hall–Kier alpha value is -2.56. The van der Waals surface area contributed by atoms with Crippen LogP contribution in [-0.4, -0.2) is 46.0 Å². The highest BCUT2D eigenvalue weighted by Crippen LogP contribution is 2.28. The van der Waals surface area contributed by atoms with Crippen LogP contribution in [0.2, 0.25) is 0 Å². The fourth-order valence-corrected chi connectivity index (χ4v) is 7.03. The average molecular weight is 462 g/mol. The average Bonchev–Trinajstić information content (AvgIpc) is 2.97. The molecule has 0 spiro atoms. The molecule has 0 aliphatic carbocycles. The molecule has 2 aliphatic rings. The summed E-state index contributed by atoms with van der Waals surface area (Å²) in [6.45, 7) is 4.93. The maximum Gasteiger partial charge on any atom is 0.285 e. The van der Waals surface area contributed by atoms with Gasteiger partial charge in [0.1, 0.15) is 4.90 Å². The van der Waals surface area contributed by atoms with Gasteiger partial charge in [-0.3, -0.25) is 4.79 Å². The molecule has 10 heteroatoms. The van der Waals surface area contributed by atoms with Crippen molar-refractivity contribution in [2.75, 3.05) is 13.1 Å². The zero-order chi connectivity index (χ0) is 22.4. The van der Waals surface area contributed by atoms with Crippen molar-refractivity contribution in [1.82, 2.24) is 9.62 Å². The highest BCUT2D eigenvalue weighted by Gasteiger charge is 2.33. The number of rotatable bonds is 3. The van der Waals surface area contributed by atoms with Gasteiger partial charge in [-0.05, 0) is 48.6 Å². The number of piperidine rings is 1. The van der Waals surface area contributed by atoms with Crippen LogP contribution in [-0.2, 0) is 20.0 Å². The van der Waals surface area contributed by atoms with Crippen molar-refractivity contribution in [3.63, 3.8) is 0 Å². The Bertz CT molecular complexity index is 1280. The third kappa shape index (κ3) is 4.15. The second kappa shape index (κ2) is 7.85. The molecule has 1 fully saturated rings. The normalized spacial score (nSPS) is 23.1. The van der Waals surface area contributed by atoms with E-state index in [1.54, 1.807) is 18.2 Å². The lowest BCUT2D eigenvalue weighted by Crippen LogP contribution is -2.42. The topological polar surface area (TPSA) is 113 Å². The first-order valence-corrected chi connectivity index (χ1v) is 12.8. The summed E-state index contributed by atoms with van der Waals surface area (Å²) in [5.74, 6) is -0.199. The lowest BCUT2D eigenvalue weighted by Gasteiger charge is -2.34. The number of nitrogens with zero attached hydrogens (tertiary/aromatic N) is 2. The van der Waals surface area contributed by atoms with E-state index in [1.165, 1.54) is 34.6 Å². The molecule has 0 radical (unpaired) electrons. The maximum atomic E-state index is 13.1. The molecule has 2 heterocycles. The molecule has 2 aliphatic heterocycles. The monoisotopic (exact) mass is 461 g/mol. The highest BCUT2D eigenvalue weighted by molar-refractivity contribution is 7.90. The van der Waals surface area contributed by atoms with E-state index in [2.05, 4.69) is 9.71 Å². The Labute approximate surface area is 182 Å². The zero-order valence-corrected chi connectivity index (χ0v) is 18.8. The molecule has 1 N–H and O–H groups in total. The standard InChI is InChI=1S/C21H23N3O5S2/c1-14-10-15(2)13-24(12-14)31(28,29)17-7-5-6-16(11-17)21(25)22-20-18-8-3-4-9-19(18)30(26,27)23-20/h3-9,11,14-15H,10,12-13H2,1-2H3,(H,22,23,25)/t14-,15+. The van der Waals surface area contributed by atoms with Gasteiger partial charge in [0.15, 0.2) is 5.84 Å². The number of hydrogen-bond acceptors (Lipinski definition) is 5. The number of nitrogens with one attached hydrogen (secondary N) is 1. The van der Waals surface area contributed by atoms with Crippen LogP contribution in [0.1, 0.15) is 36.2 Å². The van der Waals surface area contributed by atoms with Crippen LogP contribution in [0.15, 0.2) is 62.7 Å². The fraction of sp³-hybridized carbons (Fsp3) is 0.333. The van der Waals surface area contributed by atoms with Gasteiger partial charge < -0.3 is 5.32 Å². The number of carbonyl (C=O) groups excluding carboxylic acids is 1. The summed E-state index contributed by atoms with van der Waals surface area (Å²) in [5.41, 5.74) is 0.402. The molecule has 1 amide bonds. The van der Waals surface area contributed by atoms with Crippen molar-refractivity contribution >= 4 is 31.8 Å². The molecule has 0 aromatic heterocycles. The predicted octanol–water partition coefficient (Wildman–Crippen LogP) is 2.23. The smallest absolute Gasteiger partial charge is 0.285 e. The van der Waals surface area contributed by atoms with Gasteiger partial charge in [-0.1, -0.05) is 32.0 Å². The second-order valence-corrected chi connectivity index (χ2v) is 11.7. The van der Waals surface area contributed by atoms with E-state index in [1.807, 2.05) is 13.8 Å². The van der Waals surface area contributed by atoms with Crippen LogP contribution in [0.4, 0.5) is 0 Å². The number of fused-ring (bicyclic) bond motifs is 1. The van der Waals surface area contributed by atoms with E-state index in [4.69, 9.17) is 0 Å². The molecule has 0 unspecified atom stereocenters. The first-order chi connectivity index (χ1) is 14.6. The summed E-state index contributed by atoms with van der Waals surface area (Å²) >= 11 is 0. The van der Waals surface area contributed by atoms with Crippen LogP contribution in [0.5, 0.6) is 0 Å². The molecule has 2 aromatic carbocycles. The number of benzene rings is 2. The van der Waals surface area contributed by atoms with Crippen LogP contribution in [0.25, 0.3) is 0 Å². The van der Waals surface area contributed by atoms with Crippen molar-refractivity contribution in [2.45, 2.75) is 30.1 Å². The van der Waals surface area contributed by atoms with Gasteiger partial charge in [0.25, 0.3) is 15.9 Å². The minimum atomic E-state index is -3.87. The summed E-state index contributed by atoms with van der Waals surface area (Å²) in [6, 6.07) is 11.9.